The summed E-state index contributed by atoms with van der Waals surface area (Å²) in [6.07, 6.45) is 0.965. The van der Waals surface area contributed by atoms with Gasteiger partial charge in [0.05, 0.1) is 37.0 Å². The van der Waals surface area contributed by atoms with E-state index in [0.717, 1.165) is 16.7 Å². The predicted molar refractivity (Wildman–Crippen MR) is 103 cm³/mol. The second-order valence-corrected chi connectivity index (χ2v) is 7.20. The minimum atomic E-state index is -3.05. The lowest BCUT2D eigenvalue weighted by Crippen LogP contribution is -2.30. The van der Waals surface area contributed by atoms with Gasteiger partial charge < -0.3 is 10.4 Å². The molecule has 0 fully saturated rings. The number of nitrogens with one attached hydrogen (secondary N) is 1. The number of benzene rings is 1. The van der Waals surface area contributed by atoms with Crippen LogP contribution in [0.1, 0.15) is 31.0 Å². The van der Waals surface area contributed by atoms with Gasteiger partial charge in [-0.3, -0.25) is 4.68 Å². The molecule has 2 N–H and O–H groups in total. The quantitative estimate of drug-likeness (QED) is 0.601. The summed E-state index contributed by atoms with van der Waals surface area (Å²) in [6.45, 7) is 3.56. The molecule has 10 heteroatoms. The first-order valence-corrected chi connectivity index (χ1v) is 8.98. The highest BCUT2D eigenvalue weighted by atomic mass is 19.3. The first-order valence-electron chi connectivity index (χ1n) is 8.98. The van der Waals surface area contributed by atoms with Crippen molar-refractivity contribution in [1.29, 1.82) is 5.26 Å². The number of anilines is 2. The first kappa shape index (κ1) is 21.3. The van der Waals surface area contributed by atoms with Gasteiger partial charge in [-0.15, -0.1) is 0 Å². The standard InChI is InChI=1S/C20H19F3N6O/c1-12-5-13(14-8-26-29(10-14)11-20(2,30)3-4-24)7-15(6-12)27-19-25-9-16(21)17(28-19)18(22)23/h5-10,18,30H,3,11H2,1-2H3,(H,25,27,28)/t20-/m1/s1. The van der Waals surface area contributed by atoms with Crippen LogP contribution in [0.5, 0.6) is 0 Å². The fourth-order valence-corrected chi connectivity index (χ4v) is 2.92. The largest absolute Gasteiger partial charge is 0.387 e. The SMILES string of the molecule is Cc1cc(Nc2ncc(F)c(C(F)F)n2)cc(-c2cnn(C[C@](C)(O)CC#N)c2)c1. The van der Waals surface area contributed by atoms with Gasteiger partial charge in [-0.1, -0.05) is 6.07 Å². The van der Waals surface area contributed by atoms with Crippen LogP contribution in [0.3, 0.4) is 0 Å². The Morgan fingerprint density at radius 3 is 2.73 bits per heavy atom. The third-order valence-electron chi connectivity index (χ3n) is 4.24. The van der Waals surface area contributed by atoms with Gasteiger partial charge >= 0.3 is 0 Å². The molecule has 7 nitrogen and oxygen atoms in total. The molecule has 0 bridgehead atoms. The molecule has 1 aromatic carbocycles. The van der Waals surface area contributed by atoms with Crippen LogP contribution < -0.4 is 5.32 Å². The highest BCUT2D eigenvalue weighted by molar-refractivity contribution is 5.70. The summed E-state index contributed by atoms with van der Waals surface area (Å²) in [5.74, 6) is -1.31. The van der Waals surface area contributed by atoms with Gasteiger partial charge in [0.15, 0.2) is 5.82 Å². The zero-order valence-electron chi connectivity index (χ0n) is 16.3. The van der Waals surface area contributed by atoms with E-state index >= 15 is 0 Å². The molecule has 0 unspecified atom stereocenters. The monoisotopic (exact) mass is 416 g/mol. The average molecular weight is 416 g/mol. The molecule has 0 amide bonds. The Bertz CT molecular complexity index is 1090. The fraction of sp³-hybridized carbons (Fsp3) is 0.300. The Hall–Kier alpha value is -3.45. The maximum Gasteiger partial charge on any atom is 0.283 e. The van der Waals surface area contributed by atoms with Crippen LogP contribution in [-0.4, -0.2) is 30.5 Å². The second-order valence-electron chi connectivity index (χ2n) is 7.20. The minimum Gasteiger partial charge on any atom is -0.387 e. The minimum absolute atomic E-state index is 0.0288. The van der Waals surface area contributed by atoms with E-state index in [2.05, 4.69) is 20.4 Å². The van der Waals surface area contributed by atoms with Crippen molar-refractivity contribution in [3.05, 3.63) is 53.9 Å². The molecule has 1 atom stereocenters. The number of nitrogens with zero attached hydrogens (tertiary/aromatic N) is 5. The molecule has 0 aliphatic carbocycles. The molecule has 2 heterocycles. The van der Waals surface area contributed by atoms with Crippen LogP contribution in [-0.2, 0) is 6.54 Å². The van der Waals surface area contributed by atoms with Crippen LogP contribution in [0.25, 0.3) is 11.1 Å². The van der Waals surface area contributed by atoms with Crippen LogP contribution in [0, 0.1) is 24.1 Å². The molecular formula is C20H19F3N6O. The number of aliphatic hydroxyl groups is 1. The van der Waals surface area contributed by atoms with E-state index in [1.165, 1.54) is 0 Å². The zero-order chi connectivity index (χ0) is 21.9. The van der Waals surface area contributed by atoms with Gasteiger partial charge in [-0.2, -0.15) is 10.4 Å². The van der Waals surface area contributed by atoms with Gasteiger partial charge in [0.1, 0.15) is 5.69 Å². The summed E-state index contributed by atoms with van der Waals surface area (Å²) in [6, 6.07) is 7.35. The lowest BCUT2D eigenvalue weighted by molar-refractivity contribution is 0.0430. The van der Waals surface area contributed by atoms with Gasteiger partial charge in [-0.25, -0.2) is 23.1 Å². The Morgan fingerprint density at radius 2 is 2.03 bits per heavy atom. The van der Waals surface area contributed by atoms with E-state index in [4.69, 9.17) is 5.26 Å². The van der Waals surface area contributed by atoms with Crippen molar-refractivity contribution in [1.82, 2.24) is 19.7 Å². The van der Waals surface area contributed by atoms with Gasteiger partial charge in [0.25, 0.3) is 6.43 Å². The topological polar surface area (TPSA) is 99.7 Å². The van der Waals surface area contributed by atoms with Crippen molar-refractivity contribution in [3.63, 3.8) is 0 Å². The molecule has 3 aromatic rings. The molecular weight excluding hydrogens is 397 g/mol. The number of rotatable bonds is 7. The number of aromatic nitrogens is 4. The van der Waals surface area contributed by atoms with Crippen molar-refractivity contribution in [2.45, 2.75) is 38.8 Å². The summed E-state index contributed by atoms with van der Waals surface area (Å²) in [5, 5.41) is 26.0. The van der Waals surface area contributed by atoms with Gasteiger partial charge in [-0.05, 0) is 37.1 Å². The van der Waals surface area contributed by atoms with E-state index in [-0.39, 0.29) is 18.9 Å². The zero-order valence-corrected chi connectivity index (χ0v) is 16.3. The van der Waals surface area contributed by atoms with Crippen molar-refractivity contribution in [2.75, 3.05) is 5.32 Å². The molecule has 2 aromatic heterocycles. The number of alkyl halides is 2. The Balaban J connectivity index is 1.85. The fourth-order valence-electron chi connectivity index (χ4n) is 2.92. The molecule has 0 saturated heterocycles. The third-order valence-corrected chi connectivity index (χ3v) is 4.24. The van der Waals surface area contributed by atoms with E-state index in [0.29, 0.717) is 11.9 Å². The van der Waals surface area contributed by atoms with E-state index in [9.17, 15) is 18.3 Å². The third kappa shape index (κ3) is 5.12. The molecule has 0 saturated carbocycles. The first-order chi connectivity index (χ1) is 14.2. The number of nitriles is 1. The normalized spacial score (nSPS) is 13.1. The van der Waals surface area contributed by atoms with Crippen LogP contribution >= 0.6 is 0 Å². The summed E-state index contributed by atoms with van der Waals surface area (Å²) in [7, 11) is 0. The van der Waals surface area contributed by atoms with Crippen LogP contribution in [0.4, 0.5) is 24.8 Å². The van der Waals surface area contributed by atoms with E-state index in [1.54, 1.807) is 36.1 Å². The summed E-state index contributed by atoms with van der Waals surface area (Å²) in [4.78, 5) is 7.25. The van der Waals surface area contributed by atoms with Crippen molar-refractivity contribution in [3.8, 4) is 17.2 Å². The van der Waals surface area contributed by atoms with Crippen LogP contribution in [0.2, 0.25) is 0 Å². The Kier molecular flexibility index (Phi) is 6.03. The van der Waals surface area contributed by atoms with E-state index < -0.39 is 23.5 Å². The van der Waals surface area contributed by atoms with Crippen molar-refractivity contribution in [2.24, 2.45) is 0 Å². The number of hydrogen-bond acceptors (Lipinski definition) is 6. The molecule has 0 aliphatic rings. The lowest BCUT2D eigenvalue weighted by Gasteiger charge is -2.19. The molecule has 0 spiro atoms. The molecule has 0 radical (unpaired) electrons. The summed E-state index contributed by atoms with van der Waals surface area (Å²) < 4.78 is 40.7. The smallest absolute Gasteiger partial charge is 0.283 e. The van der Waals surface area contributed by atoms with Crippen molar-refractivity contribution >= 4 is 11.6 Å². The molecule has 30 heavy (non-hydrogen) atoms. The summed E-state index contributed by atoms with van der Waals surface area (Å²) >= 11 is 0. The number of halogens is 3. The maximum absolute atomic E-state index is 13.4. The highest BCUT2D eigenvalue weighted by Crippen LogP contribution is 2.27. The van der Waals surface area contributed by atoms with Gasteiger partial charge in [0, 0.05) is 17.4 Å². The lowest BCUT2D eigenvalue weighted by atomic mass is 10.0. The average Bonchev–Trinajstić information content (AvgIpc) is 3.10. The van der Waals surface area contributed by atoms with E-state index in [1.807, 2.05) is 19.1 Å². The van der Waals surface area contributed by atoms with Gasteiger partial charge in [0.2, 0.25) is 5.95 Å². The van der Waals surface area contributed by atoms with Crippen LogP contribution in [0.15, 0.2) is 36.8 Å². The predicted octanol–water partition coefficient (Wildman–Crippen LogP) is 4.13. The number of hydrogen-bond donors (Lipinski definition) is 2. The molecule has 156 valence electrons. The summed E-state index contributed by atoms with van der Waals surface area (Å²) in [5.41, 5.74) is 0.755. The second kappa shape index (κ2) is 8.51. The Morgan fingerprint density at radius 1 is 1.27 bits per heavy atom. The highest BCUT2D eigenvalue weighted by Gasteiger charge is 2.21. The maximum atomic E-state index is 13.4. The Labute approximate surface area is 170 Å². The molecule has 3 rings (SSSR count). The molecule has 0 aliphatic heterocycles. The van der Waals surface area contributed by atoms with Crippen molar-refractivity contribution < 1.29 is 18.3 Å². The number of aryl methyl sites for hydroxylation is 1.